The Bertz CT molecular complexity index is 525. The van der Waals surface area contributed by atoms with E-state index in [1.165, 1.54) is 25.3 Å². The van der Waals surface area contributed by atoms with Gasteiger partial charge in [-0.3, -0.25) is 0 Å². The Labute approximate surface area is 96.4 Å². The van der Waals surface area contributed by atoms with Crippen molar-refractivity contribution >= 4 is 17.4 Å². The smallest absolute Gasteiger partial charge is 0.170 e. The van der Waals surface area contributed by atoms with Gasteiger partial charge in [0, 0.05) is 17.7 Å². The molecule has 0 aliphatic heterocycles. The molecule has 0 radical (unpaired) electrons. The van der Waals surface area contributed by atoms with E-state index in [1.807, 2.05) is 0 Å². The number of nitrogens with zero attached hydrogens (tertiary/aromatic N) is 1. The molecule has 2 aromatic rings. The van der Waals surface area contributed by atoms with Crippen LogP contribution in [0.4, 0.5) is 5.82 Å². The molecule has 2 rings (SSSR count). The summed E-state index contributed by atoms with van der Waals surface area (Å²) in [6, 6.07) is 4.44. The zero-order valence-corrected chi connectivity index (χ0v) is 9.15. The summed E-state index contributed by atoms with van der Waals surface area (Å²) < 4.78 is 9.86. The molecule has 0 saturated heterocycles. The van der Waals surface area contributed by atoms with Gasteiger partial charge in [0.25, 0.3) is 0 Å². The first-order chi connectivity index (χ1) is 7.61. The zero-order valence-electron chi connectivity index (χ0n) is 8.40. The second-order valence-electron chi connectivity index (χ2n) is 3.12. The van der Waals surface area contributed by atoms with E-state index in [1.54, 1.807) is 0 Å². The van der Waals surface area contributed by atoms with E-state index in [2.05, 4.69) is 5.16 Å². The van der Waals surface area contributed by atoms with E-state index in [-0.39, 0.29) is 11.6 Å². The van der Waals surface area contributed by atoms with Gasteiger partial charge in [-0.2, -0.15) is 0 Å². The highest BCUT2D eigenvalue weighted by atomic mass is 35.5. The Morgan fingerprint density at radius 1 is 1.44 bits per heavy atom. The molecule has 6 heteroatoms. The van der Waals surface area contributed by atoms with Gasteiger partial charge in [0.05, 0.1) is 12.1 Å². The first-order valence-corrected chi connectivity index (χ1v) is 4.78. The highest BCUT2D eigenvalue weighted by molar-refractivity contribution is 6.33. The van der Waals surface area contributed by atoms with Gasteiger partial charge in [0.15, 0.2) is 23.1 Å². The summed E-state index contributed by atoms with van der Waals surface area (Å²) >= 11 is 6.00. The number of hydrogen-bond acceptors (Lipinski definition) is 5. The second-order valence-corrected chi connectivity index (χ2v) is 3.53. The van der Waals surface area contributed by atoms with Crippen molar-refractivity contribution < 1.29 is 14.4 Å². The summed E-state index contributed by atoms with van der Waals surface area (Å²) in [6.45, 7) is 0. The maximum atomic E-state index is 9.61. The van der Waals surface area contributed by atoms with E-state index in [0.717, 1.165) is 0 Å². The summed E-state index contributed by atoms with van der Waals surface area (Å²) in [5.74, 6) is 0.903. The first-order valence-electron chi connectivity index (χ1n) is 4.41. The number of anilines is 1. The topological polar surface area (TPSA) is 81.5 Å². The van der Waals surface area contributed by atoms with Crippen LogP contribution in [0.3, 0.4) is 0 Å². The number of benzene rings is 1. The van der Waals surface area contributed by atoms with Crippen LogP contribution in [0.25, 0.3) is 11.3 Å². The van der Waals surface area contributed by atoms with E-state index >= 15 is 0 Å². The number of aromatic hydroxyl groups is 1. The van der Waals surface area contributed by atoms with Crippen LogP contribution in [0, 0.1) is 0 Å². The fourth-order valence-electron chi connectivity index (χ4n) is 1.31. The quantitative estimate of drug-likeness (QED) is 0.842. The minimum atomic E-state index is -0.0307. The fourth-order valence-corrected chi connectivity index (χ4v) is 1.56. The summed E-state index contributed by atoms with van der Waals surface area (Å²) in [4.78, 5) is 0. The number of methoxy groups -OCH3 is 1. The lowest BCUT2D eigenvalue weighted by Gasteiger charge is -2.06. The van der Waals surface area contributed by atoms with Crippen molar-refractivity contribution in [1.29, 1.82) is 0 Å². The lowest BCUT2D eigenvalue weighted by atomic mass is 10.1. The van der Waals surface area contributed by atoms with Gasteiger partial charge in [-0.1, -0.05) is 16.8 Å². The third-order valence-corrected chi connectivity index (χ3v) is 2.38. The van der Waals surface area contributed by atoms with Crippen molar-refractivity contribution in [3.05, 3.63) is 23.2 Å². The van der Waals surface area contributed by atoms with Crippen LogP contribution >= 0.6 is 11.6 Å². The Hall–Kier alpha value is -1.88. The van der Waals surface area contributed by atoms with Crippen molar-refractivity contribution in [2.45, 2.75) is 0 Å². The molecular formula is C10H9ClN2O3. The number of aromatic nitrogens is 1. The van der Waals surface area contributed by atoms with Gasteiger partial charge in [-0.25, -0.2) is 0 Å². The minimum Gasteiger partial charge on any atom is -0.504 e. The van der Waals surface area contributed by atoms with E-state index in [4.69, 9.17) is 26.6 Å². The Balaban J connectivity index is 2.54. The number of rotatable bonds is 2. The molecule has 5 nitrogen and oxygen atoms in total. The number of nitrogen functional groups attached to an aromatic ring is 1. The summed E-state index contributed by atoms with van der Waals surface area (Å²) in [7, 11) is 1.44. The normalized spacial score (nSPS) is 10.4. The lowest BCUT2D eigenvalue weighted by molar-refractivity contribution is 0.373. The highest BCUT2D eigenvalue weighted by Gasteiger charge is 2.13. The number of phenolic OH excluding ortho intramolecular Hbond substituents is 1. The average molecular weight is 241 g/mol. The van der Waals surface area contributed by atoms with Crippen molar-refractivity contribution in [2.24, 2.45) is 0 Å². The predicted molar refractivity (Wildman–Crippen MR) is 59.6 cm³/mol. The van der Waals surface area contributed by atoms with E-state index in [0.29, 0.717) is 22.1 Å². The maximum absolute atomic E-state index is 9.61. The van der Waals surface area contributed by atoms with Gasteiger partial charge >= 0.3 is 0 Å². The lowest BCUT2D eigenvalue weighted by Crippen LogP contribution is -1.85. The third-order valence-electron chi connectivity index (χ3n) is 2.06. The maximum Gasteiger partial charge on any atom is 0.170 e. The summed E-state index contributed by atoms with van der Waals surface area (Å²) in [5.41, 5.74) is 5.93. The molecule has 0 atom stereocenters. The largest absolute Gasteiger partial charge is 0.504 e. The Morgan fingerprint density at radius 3 is 2.75 bits per heavy atom. The Kier molecular flexibility index (Phi) is 2.62. The van der Waals surface area contributed by atoms with Crippen molar-refractivity contribution in [1.82, 2.24) is 5.16 Å². The molecule has 0 spiro atoms. The molecule has 84 valence electrons. The monoisotopic (exact) mass is 240 g/mol. The fraction of sp³-hybridized carbons (Fsp3) is 0.100. The highest BCUT2D eigenvalue weighted by Crippen LogP contribution is 2.37. The number of nitrogens with two attached hydrogens (primary N) is 1. The van der Waals surface area contributed by atoms with Gasteiger partial charge in [-0.15, -0.1) is 0 Å². The van der Waals surface area contributed by atoms with Crippen molar-refractivity contribution in [2.75, 3.05) is 12.8 Å². The zero-order chi connectivity index (χ0) is 11.7. The molecule has 3 N–H and O–H groups in total. The molecular weight excluding hydrogens is 232 g/mol. The van der Waals surface area contributed by atoms with E-state index < -0.39 is 0 Å². The van der Waals surface area contributed by atoms with Crippen LogP contribution in [-0.4, -0.2) is 17.4 Å². The summed E-state index contributed by atoms with van der Waals surface area (Å²) in [6.07, 6.45) is 0. The number of ether oxygens (including phenoxy) is 1. The molecule has 16 heavy (non-hydrogen) atoms. The molecule has 0 unspecified atom stereocenters. The van der Waals surface area contributed by atoms with Crippen LogP contribution in [0.1, 0.15) is 0 Å². The van der Waals surface area contributed by atoms with Gasteiger partial charge in [0.2, 0.25) is 0 Å². The molecule has 0 aliphatic rings. The van der Waals surface area contributed by atoms with Crippen molar-refractivity contribution in [3.63, 3.8) is 0 Å². The van der Waals surface area contributed by atoms with Crippen LogP contribution < -0.4 is 10.5 Å². The standard InChI is InChI=1S/C10H9ClN2O3/c1-15-9-3-6(11)5(2-7(9)14)8-4-10(12)13-16-8/h2-4,14H,1H3,(H2,12,13). The van der Waals surface area contributed by atoms with Crippen molar-refractivity contribution in [3.8, 4) is 22.8 Å². The molecule has 1 heterocycles. The molecule has 0 saturated carbocycles. The van der Waals surface area contributed by atoms with E-state index in [9.17, 15) is 5.11 Å². The molecule has 1 aromatic heterocycles. The summed E-state index contributed by atoms with van der Waals surface area (Å²) in [5, 5.41) is 13.5. The van der Waals surface area contributed by atoms with Gasteiger partial charge in [0.1, 0.15) is 0 Å². The number of hydrogen-bond donors (Lipinski definition) is 2. The third kappa shape index (κ3) is 1.77. The number of phenols is 1. The first kappa shape index (κ1) is 10.6. The van der Waals surface area contributed by atoms with Crippen LogP contribution in [-0.2, 0) is 0 Å². The molecule has 0 amide bonds. The molecule has 0 aliphatic carbocycles. The molecule has 0 fully saturated rings. The van der Waals surface area contributed by atoms with Crippen LogP contribution in [0.5, 0.6) is 11.5 Å². The number of halogens is 1. The second kappa shape index (κ2) is 3.94. The minimum absolute atomic E-state index is 0.0307. The SMILES string of the molecule is COc1cc(Cl)c(-c2cc(N)no2)cc1O. The molecule has 0 bridgehead atoms. The van der Waals surface area contributed by atoms with Crippen LogP contribution in [0.15, 0.2) is 22.7 Å². The Morgan fingerprint density at radius 2 is 2.19 bits per heavy atom. The average Bonchev–Trinajstić information content (AvgIpc) is 2.67. The van der Waals surface area contributed by atoms with Gasteiger partial charge < -0.3 is 20.1 Å². The van der Waals surface area contributed by atoms with Gasteiger partial charge in [-0.05, 0) is 6.07 Å². The van der Waals surface area contributed by atoms with Crippen LogP contribution in [0.2, 0.25) is 5.02 Å². The molecule has 1 aromatic carbocycles. The predicted octanol–water partition coefficient (Wildman–Crippen LogP) is 2.29.